The average molecular weight is 369 g/mol. The average Bonchev–Trinajstić information content (AvgIpc) is 2.94. The standard InChI is InChI=1S/C22H25ClN2O/c1-16-3-8-20-19(13-16)22(9-11-24(2)12-10-22)15-25(20)21(26)14-17-4-6-18(23)7-5-17/h3-8,13H,9-12,14-15H2,1-2H3. The molecule has 2 heterocycles. The summed E-state index contributed by atoms with van der Waals surface area (Å²) in [6.07, 6.45) is 2.65. The fourth-order valence-electron chi connectivity index (χ4n) is 4.35. The number of rotatable bonds is 2. The molecule has 4 heteroatoms. The van der Waals surface area contributed by atoms with Crippen LogP contribution in [0.1, 0.15) is 29.5 Å². The maximum absolute atomic E-state index is 13.1. The van der Waals surface area contributed by atoms with Gasteiger partial charge in [0.25, 0.3) is 0 Å². The number of fused-ring (bicyclic) bond motifs is 2. The third-order valence-corrected chi connectivity index (χ3v) is 6.24. The SMILES string of the molecule is Cc1ccc2c(c1)C1(CCN(C)CC1)CN2C(=O)Cc1ccc(Cl)cc1. The number of piperidine rings is 1. The number of carbonyl (C=O) groups is 1. The topological polar surface area (TPSA) is 23.6 Å². The molecular formula is C22H25ClN2O. The lowest BCUT2D eigenvalue weighted by atomic mass is 9.74. The molecule has 0 aliphatic carbocycles. The summed E-state index contributed by atoms with van der Waals surface area (Å²) in [5.41, 5.74) is 4.88. The van der Waals surface area contributed by atoms with Crippen LogP contribution >= 0.6 is 11.6 Å². The van der Waals surface area contributed by atoms with Gasteiger partial charge in [-0.05, 0) is 69.2 Å². The Morgan fingerprint density at radius 1 is 1.12 bits per heavy atom. The van der Waals surface area contributed by atoms with Crippen LogP contribution in [0.2, 0.25) is 5.02 Å². The van der Waals surface area contributed by atoms with Gasteiger partial charge in [0.2, 0.25) is 5.91 Å². The highest BCUT2D eigenvalue weighted by Gasteiger charge is 2.45. The predicted octanol–water partition coefficient (Wildman–Crippen LogP) is 4.20. The summed E-state index contributed by atoms with van der Waals surface area (Å²) < 4.78 is 0. The van der Waals surface area contributed by atoms with E-state index in [1.807, 2.05) is 29.2 Å². The van der Waals surface area contributed by atoms with E-state index in [0.29, 0.717) is 11.4 Å². The van der Waals surface area contributed by atoms with Gasteiger partial charge in [0.05, 0.1) is 6.42 Å². The highest BCUT2D eigenvalue weighted by molar-refractivity contribution is 6.30. The molecule has 4 rings (SSSR count). The quantitative estimate of drug-likeness (QED) is 0.793. The Kier molecular flexibility index (Phi) is 4.54. The maximum atomic E-state index is 13.1. The minimum atomic E-state index is 0.115. The van der Waals surface area contributed by atoms with Gasteiger partial charge < -0.3 is 9.80 Å². The van der Waals surface area contributed by atoms with Crippen LogP contribution in [0.15, 0.2) is 42.5 Å². The zero-order valence-electron chi connectivity index (χ0n) is 15.5. The molecule has 0 N–H and O–H groups in total. The van der Waals surface area contributed by atoms with Gasteiger partial charge in [-0.2, -0.15) is 0 Å². The Hall–Kier alpha value is -1.84. The fourth-order valence-corrected chi connectivity index (χ4v) is 4.48. The Morgan fingerprint density at radius 2 is 1.81 bits per heavy atom. The summed E-state index contributed by atoms with van der Waals surface area (Å²) in [6.45, 7) is 5.13. The van der Waals surface area contributed by atoms with Crippen LogP contribution in [-0.2, 0) is 16.6 Å². The van der Waals surface area contributed by atoms with E-state index in [-0.39, 0.29) is 11.3 Å². The highest BCUT2D eigenvalue weighted by atomic mass is 35.5. The van der Waals surface area contributed by atoms with Crippen LogP contribution in [0.5, 0.6) is 0 Å². The van der Waals surface area contributed by atoms with E-state index in [9.17, 15) is 4.79 Å². The van der Waals surface area contributed by atoms with Gasteiger partial charge in [-0.1, -0.05) is 41.4 Å². The van der Waals surface area contributed by atoms with Crippen LogP contribution in [0.4, 0.5) is 5.69 Å². The number of aryl methyl sites for hydroxylation is 1. The zero-order chi connectivity index (χ0) is 18.3. The second-order valence-electron chi connectivity index (χ2n) is 7.89. The first-order valence-corrected chi connectivity index (χ1v) is 9.69. The van der Waals surface area contributed by atoms with E-state index in [1.54, 1.807) is 0 Å². The minimum Gasteiger partial charge on any atom is -0.311 e. The van der Waals surface area contributed by atoms with Gasteiger partial charge in [-0.3, -0.25) is 4.79 Å². The van der Waals surface area contributed by atoms with E-state index in [0.717, 1.165) is 43.7 Å². The van der Waals surface area contributed by atoms with Gasteiger partial charge >= 0.3 is 0 Å². The zero-order valence-corrected chi connectivity index (χ0v) is 16.2. The molecule has 0 unspecified atom stereocenters. The molecule has 2 aromatic rings. The van der Waals surface area contributed by atoms with Crippen molar-refractivity contribution in [1.82, 2.24) is 4.90 Å². The van der Waals surface area contributed by atoms with Crippen LogP contribution in [-0.4, -0.2) is 37.5 Å². The van der Waals surface area contributed by atoms with E-state index < -0.39 is 0 Å². The third kappa shape index (κ3) is 3.15. The van der Waals surface area contributed by atoms with Crippen LogP contribution < -0.4 is 4.90 Å². The minimum absolute atomic E-state index is 0.115. The molecule has 2 aromatic carbocycles. The first kappa shape index (κ1) is 17.6. The molecule has 1 fully saturated rings. The van der Waals surface area contributed by atoms with Crippen molar-refractivity contribution in [2.45, 2.75) is 31.6 Å². The van der Waals surface area contributed by atoms with E-state index >= 15 is 0 Å². The Morgan fingerprint density at radius 3 is 2.50 bits per heavy atom. The largest absolute Gasteiger partial charge is 0.311 e. The molecule has 26 heavy (non-hydrogen) atoms. The number of halogens is 1. The number of carbonyl (C=O) groups excluding carboxylic acids is 1. The van der Waals surface area contributed by atoms with Gasteiger partial charge in [-0.15, -0.1) is 0 Å². The van der Waals surface area contributed by atoms with Gasteiger partial charge in [-0.25, -0.2) is 0 Å². The second kappa shape index (κ2) is 6.71. The smallest absolute Gasteiger partial charge is 0.231 e. The highest BCUT2D eigenvalue weighted by Crippen LogP contribution is 2.47. The van der Waals surface area contributed by atoms with Crippen molar-refractivity contribution in [3.63, 3.8) is 0 Å². The maximum Gasteiger partial charge on any atom is 0.231 e. The van der Waals surface area contributed by atoms with Gasteiger partial charge in [0, 0.05) is 22.7 Å². The third-order valence-electron chi connectivity index (χ3n) is 5.99. The lowest BCUT2D eigenvalue weighted by Crippen LogP contribution is -2.45. The van der Waals surface area contributed by atoms with Crippen LogP contribution in [0, 0.1) is 6.92 Å². The van der Waals surface area contributed by atoms with Crippen molar-refractivity contribution in [2.75, 3.05) is 31.6 Å². The number of benzene rings is 2. The van der Waals surface area contributed by atoms with Crippen molar-refractivity contribution in [3.8, 4) is 0 Å². The Bertz CT molecular complexity index is 823. The summed E-state index contributed by atoms with van der Waals surface area (Å²) in [5.74, 6) is 0.174. The number of anilines is 1. The van der Waals surface area contributed by atoms with Crippen LogP contribution in [0.3, 0.4) is 0 Å². The van der Waals surface area contributed by atoms with Gasteiger partial charge in [0.1, 0.15) is 0 Å². The lowest BCUT2D eigenvalue weighted by molar-refractivity contribution is -0.118. The monoisotopic (exact) mass is 368 g/mol. The summed E-state index contributed by atoms with van der Waals surface area (Å²) >= 11 is 5.97. The summed E-state index contributed by atoms with van der Waals surface area (Å²) in [6, 6.07) is 14.1. The summed E-state index contributed by atoms with van der Waals surface area (Å²) in [5, 5.41) is 0.702. The van der Waals surface area contributed by atoms with Crippen LogP contribution in [0.25, 0.3) is 0 Å². The number of hydrogen-bond acceptors (Lipinski definition) is 2. The number of likely N-dealkylation sites (tertiary alicyclic amines) is 1. The second-order valence-corrected chi connectivity index (χ2v) is 8.32. The van der Waals surface area contributed by atoms with Crippen molar-refractivity contribution in [3.05, 3.63) is 64.2 Å². The molecule has 2 aliphatic heterocycles. The number of nitrogens with zero attached hydrogens (tertiary/aromatic N) is 2. The lowest BCUT2D eigenvalue weighted by Gasteiger charge is -2.38. The Labute approximate surface area is 160 Å². The number of hydrogen-bond donors (Lipinski definition) is 0. The molecule has 0 radical (unpaired) electrons. The molecule has 2 aliphatic rings. The first-order chi connectivity index (χ1) is 12.5. The van der Waals surface area contributed by atoms with E-state index in [2.05, 4.69) is 37.1 Å². The van der Waals surface area contributed by atoms with E-state index in [1.165, 1.54) is 11.1 Å². The molecule has 1 saturated heterocycles. The van der Waals surface area contributed by atoms with E-state index in [4.69, 9.17) is 11.6 Å². The van der Waals surface area contributed by atoms with Crippen molar-refractivity contribution >= 4 is 23.2 Å². The van der Waals surface area contributed by atoms with Crippen molar-refractivity contribution < 1.29 is 4.79 Å². The molecule has 1 spiro atoms. The van der Waals surface area contributed by atoms with Crippen molar-refractivity contribution in [1.29, 1.82) is 0 Å². The molecule has 0 aromatic heterocycles. The molecule has 3 nitrogen and oxygen atoms in total. The summed E-state index contributed by atoms with van der Waals surface area (Å²) in [7, 11) is 2.18. The van der Waals surface area contributed by atoms with Gasteiger partial charge in [0.15, 0.2) is 0 Å². The first-order valence-electron chi connectivity index (χ1n) is 9.31. The summed E-state index contributed by atoms with van der Waals surface area (Å²) in [4.78, 5) is 17.5. The molecular weight excluding hydrogens is 344 g/mol. The molecule has 136 valence electrons. The van der Waals surface area contributed by atoms with Crippen molar-refractivity contribution in [2.24, 2.45) is 0 Å². The Balaban J connectivity index is 1.63. The predicted molar refractivity (Wildman–Crippen MR) is 107 cm³/mol. The molecule has 0 bridgehead atoms. The molecule has 0 saturated carbocycles. The normalized spacial score (nSPS) is 19.0. The fraction of sp³-hybridized carbons (Fsp3) is 0.409. The molecule has 0 atom stereocenters. The molecule has 1 amide bonds. The number of amides is 1.